The molecule has 1 unspecified atom stereocenters. The van der Waals surface area contributed by atoms with E-state index in [9.17, 15) is 0 Å². The number of hydrogen-bond acceptors (Lipinski definition) is 2. The van der Waals surface area contributed by atoms with Crippen LogP contribution in [0.3, 0.4) is 0 Å². The van der Waals surface area contributed by atoms with Gasteiger partial charge in [-0.05, 0) is 61.9 Å². The Labute approximate surface area is 108 Å². The minimum absolute atomic E-state index is 0.492. The third-order valence-corrected chi connectivity index (χ3v) is 4.88. The maximum atomic E-state index is 5.81. The lowest BCUT2D eigenvalue weighted by Crippen LogP contribution is -2.25. The Bertz CT molecular complexity index is 627. The number of likely N-dealkylation sites (tertiary alicyclic amines) is 1. The Morgan fingerprint density at radius 3 is 2.94 bits per heavy atom. The monoisotopic (exact) mass is 241 g/mol. The van der Waals surface area contributed by atoms with Gasteiger partial charge in [-0.15, -0.1) is 0 Å². The van der Waals surface area contributed by atoms with Crippen molar-refractivity contribution < 1.29 is 4.42 Å². The summed E-state index contributed by atoms with van der Waals surface area (Å²) < 4.78 is 5.81. The zero-order chi connectivity index (χ0) is 12.3. The molecule has 2 nitrogen and oxygen atoms in total. The van der Waals surface area contributed by atoms with Crippen molar-refractivity contribution in [2.75, 3.05) is 20.1 Å². The SMILES string of the molecule is Cc1coc2c3c(ccc12)CC1(CCN(C)C1)C3. The summed E-state index contributed by atoms with van der Waals surface area (Å²) in [6, 6.07) is 4.57. The second kappa shape index (κ2) is 3.39. The van der Waals surface area contributed by atoms with Crippen molar-refractivity contribution in [3.8, 4) is 0 Å². The van der Waals surface area contributed by atoms with Gasteiger partial charge in [-0.2, -0.15) is 0 Å². The van der Waals surface area contributed by atoms with Crippen LogP contribution in [-0.2, 0) is 12.8 Å². The lowest BCUT2D eigenvalue weighted by Gasteiger charge is -2.22. The van der Waals surface area contributed by atoms with E-state index in [-0.39, 0.29) is 0 Å². The van der Waals surface area contributed by atoms with Gasteiger partial charge < -0.3 is 9.32 Å². The number of rotatable bonds is 0. The van der Waals surface area contributed by atoms with E-state index in [2.05, 4.69) is 31.0 Å². The molecule has 0 saturated carbocycles. The van der Waals surface area contributed by atoms with E-state index in [1.165, 1.54) is 54.4 Å². The van der Waals surface area contributed by atoms with Crippen LogP contribution in [0.5, 0.6) is 0 Å². The summed E-state index contributed by atoms with van der Waals surface area (Å²) >= 11 is 0. The third kappa shape index (κ3) is 1.33. The smallest absolute Gasteiger partial charge is 0.137 e. The van der Waals surface area contributed by atoms with Crippen molar-refractivity contribution in [3.05, 3.63) is 35.1 Å². The van der Waals surface area contributed by atoms with E-state index in [1.807, 2.05) is 6.26 Å². The van der Waals surface area contributed by atoms with E-state index in [1.54, 1.807) is 0 Å². The first kappa shape index (κ1) is 10.6. The highest BCUT2D eigenvalue weighted by Gasteiger charge is 2.42. The molecule has 1 aromatic heterocycles. The molecule has 0 N–H and O–H groups in total. The highest BCUT2D eigenvalue weighted by atomic mass is 16.3. The Kier molecular flexibility index (Phi) is 2.00. The minimum atomic E-state index is 0.492. The zero-order valence-corrected chi connectivity index (χ0v) is 11.1. The first-order valence-corrected chi connectivity index (χ1v) is 6.84. The quantitative estimate of drug-likeness (QED) is 0.704. The number of nitrogens with zero attached hydrogens (tertiary/aromatic N) is 1. The first-order valence-electron chi connectivity index (χ1n) is 6.84. The van der Waals surface area contributed by atoms with Gasteiger partial charge in [-0.1, -0.05) is 12.1 Å². The van der Waals surface area contributed by atoms with E-state index in [0.717, 1.165) is 5.58 Å². The number of fused-ring (bicyclic) bond motifs is 3. The molecule has 1 saturated heterocycles. The summed E-state index contributed by atoms with van der Waals surface area (Å²) in [5, 5.41) is 1.30. The first-order chi connectivity index (χ1) is 8.67. The molecule has 2 aromatic rings. The van der Waals surface area contributed by atoms with Crippen LogP contribution in [0.25, 0.3) is 11.0 Å². The fraction of sp³-hybridized carbons (Fsp3) is 0.500. The summed E-state index contributed by atoms with van der Waals surface area (Å²) in [5.74, 6) is 0. The van der Waals surface area contributed by atoms with Crippen molar-refractivity contribution in [2.24, 2.45) is 5.41 Å². The zero-order valence-electron chi connectivity index (χ0n) is 11.1. The number of furan rings is 1. The van der Waals surface area contributed by atoms with Crippen LogP contribution in [0.4, 0.5) is 0 Å². The molecule has 1 aliphatic heterocycles. The van der Waals surface area contributed by atoms with E-state index < -0.39 is 0 Å². The summed E-state index contributed by atoms with van der Waals surface area (Å²) in [5.41, 5.74) is 5.91. The molecule has 2 heteroatoms. The van der Waals surface area contributed by atoms with Crippen LogP contribution >= 0.6 is 0 Å². The predicted molar refractivity (Wildman–Crippen MR) is 72.9 cm³/mol. The fourth-order valence-corrected chi connectivity index (χ4v) is 3.97. The van der Waals surface area contributed by atoms with Crippen LogP contribution in [-0.4, -0.2) is 25.0 Å². The van der Waals surface area contributed by atoms with Gasteiger partial charge >= 0.3 is 0 Å². The fourth-order valence-electron chi connectivity index (χ4n) is 3.97. The van der Waals surface area contributed by atoms with Crippen LogP contribution in [0.1, 0.15) is 23.1 Å². The largest absolute Gasteiger partial charge is 0.464 e. The van der Waals surface area contributed by atoms with Gasteiger partial charge in [0.15, 0.2) is 0 Å². The van der Waals surface area contributed by atoms with Crippen LogP contribution < -0.4 is 0 Å². The van der Waals surface area contributed by atoms with Crippen molar-refractivity contribution >= 4 is 11.0 Å². The topological polar surface area (TPSA) is 16.4 Å². The van der Waals surface area contributed by atoms with E-state index in [4.69, 9.17) is 4.42 Å². The number of benzene rings is 1. The van der Waals surface area contributed by atoms with Crippen molar-refractivity contribution in [3.63, 3.8) is 0 Å². The lowest BCUT2D eigenvalue weighted by atomic mass is 9.84. The van der Waals surface area contributed by atoms with Gasteiger partial charge in [-0.3, -0.25) is 0 Å². The van der Waals surface area contributed by atoms with Gasteiger partial charge in [0.2, 0.25) is 0 Å². The highest BCUT2D eigenvalue weighted by molar-refractivity contribution is 5.85. The van der Waals surface area contributed by atoms with Crippen molar-refractivity contribution in [1.29, 1.82) is 0 Å². The molecule has 0 bridgehead atoms. The molecular formula is C16H19NO. The Morgan fingerprint density at radius 2 is 2.17 bits per heavy atom. The lowest BCUT2D eigenvalue weighted by molar-refractivity contribution is 0.296. The average Bonchev–Trinajstić information content (AvgIpc) is 2.98. The highest BCUT2D eigenvalue weighted by Crippen LogP contribution is 2.46. The molecule has 18 heavy (non-hydrogen) atoms. The van der Waals surface area contributed by atoms with Gasteiger partial charge in [0, 0.05) is 11.9 Å². The molecular weight excluding hydrogens is 222 g/mol. The summed E-state index contributed by atoms with van der Waals surface area (Å²) in [6.45, 7) is 4.61. The summed E-state index contributed by atoms with van der Waals surface area (Å²) in [4.78, 5) is 2.47. The average molecular weight is 241 g/mol. The second-order valence-corrected chi connectivity index (χ2v) is 6.34. The van der Waals surface area contributed by atoms with Crippen LogP contribution in [0.2, 0.25) is 0 Å². The van der Waals surface area contributed by atoms with Gasteiger partial charge in [0.05, 0.1) is 6.26 Å². The number of aryl methyl sites for hydroxylation is 1. The Morgan fingerprint density at radius 1 is 1.28 bits per heavy atom. The van der Waals surface area contributed by atoms with Crippen LogP contribution in [0, 0.1) is 12.3 Å². The molecule has 2 aliphatic rings. The normalized spacial score (nSPS) is 27.4. The van der Waals surface area contributed by atoms with Crippen molar-refractivity contribution in [2.45, 2.75) is 26.2 Å². The Hall–Kier alpha value is -1.28. The standard InChI is InChI=1S/C16H19NO/c1-11-9-18-15-13(11)4-3-12-7-16(8-14(12)15)5-6-17(2)10-16/h3-4,9H,5-8,10H2,1-2H3. The minimum Gasteiger partial charge on any atom is -0.464 e. The van der Waals surface area contributed by atoms with E-state index in [0.29, 0.717) is 5.41 Å². The van der Waals surface area contributed by atoms with Gasteiger partial charge in [0.25, 0.3) is 0 Å². The molecule has 1 atom stereocenters. The molecule has 0 radical (unpaired) electrons. The summed E-state index contributed by atoms with van der Waals surface area (Å²) in [6.07, 6.45) is 5.68. The van der Waals surface area contributed by atoms with Gasteiger partial charge in [0.1, 0.15) is 5.58 Å². The third-order valence-electron chi connectivity index (χ3n) is 4.88. The molecule has 1 spiro atoms. The van der Waals surface area contributed by atoms with Gasteiger partial charge in [-0.25, -0.2) is 0 Å². The Balaban J connectivity index is 1.83. The molecule has 1 aromatic carbocycles. The molecule has 2 heterocycles. The van der Waals surface area contributed by atoms with E-state index >= 15 is 0 Å². The second-order valence-electron chi connectivity index (χ2n) is 6.34. The predicted octanol–water partition coefficient (Wildman–Crippen LogP) is 3.16. The molecule has 1 fully saturated rings. The maximum absolute atomic E-state index is 5.81. The van der Waals surface area contributed by atoms with Crippen molar-refractivity contribution in [1.82, 2.24) is 4.90 Å². The number of hydrogen-bond donors (Lipinski definition) is 0. The van der Waals surface area contributed by atoms with Crippen LogP contribution in [0.15, 0.2) is 22.8 Å². The molecule has 4 rings (SSSR count). The molecule has 0 amide bonds. The molecule has 1 aliphatic carbocycles. The summed E-state index contributed by atoms with van der Waals surface area (Å²) in [7, 11) is 2.24. The maximum Gasteiger partial charge on any atom is 0.137 e. The molecule has 94 valence electrons.